The molecule has 3 aromatic heterocycles. The van der Waals surface area contributed by atoms with E-state index in [1.54, 1.807) is 29.0 Å². The van der Waals surface area contributed by atoms with Crippen molar-refractivity contribution < 1.29 is 0 Å². The van der Waals surface area contributed by atoms with Crippen molar-refractivity contribution in [2.75, 3.05) is 0 Å². The minimum atomic E-state index is -0.251. The first kappa shape index (κ1) is 14.8. The number of nitrogens with one attached hydrogen (secondary N) is 1. The molecule has 1 aromatic carbocycles. The summed E-state index contributed by atoms with van der Waals surface area (Å²) in [6.45, 7) is 0.362. The van der Waals surface area contributed by atoms with Gasteiger partial charge in [0.1, 0.15) is 22.9 Å². The third-order valence-electron chi connectivity index (χ3n) is 4.12. The predicted octanol–water partition coefficient (Wildman–Crippen LogP) is 2.05. The Kier molecular flexibility index (Phi) is 3.40. The van der Waals surface area contributed by atoms with Crippen molar-refractivity contribution in [1.82, 2.24) is 14.0 Å². The highest BCUT2D eigenvalue weighted by Gasteiger charge is 2.13. The molecule has 0 radical (unpaired) electrons. The second kappa shape index (κ2) is 5.73. The minimum Gasteiger partial charge on any atom is -0.305 e. The van der Waals surface area contributed by atoms with Crippen LogP contribution in [0.5, 0.6) is 0 Å². The highest BCUT2D eigenvalue weighted by atomic mass is 16.1. The molecule has 4 rings (SSSR count). The third-order valence-corrected chi connectivity index (χ3v) is 4.12. The van der Waals surface area contributed by atoms with E-state index in [2.05, 4.69) is 4.98 Å². The van der Waals surface area contributed by atoms with Gasteiger partial charge in [-0.1, -0.05) is 36.4 Å². The molecule has 120 valence electrons. The van der Waals surface area contributed by atoms with Crippen molar-refractivity contribution in [3.8, 4) is 6.07 Å². The van der Waals surface area contributed by atoms with Gasteiger partial charge in [-0.3, -0.25) is 14.6 Å². The van der Waals surface area contributed by atoms with Crippen LogP contribution >= 0.6 is 0 Å². The number of hydrogen-bond donors (Lipinski definition) is 1. The van der Waals surface area contributed by atoms with Crippen LogP contribution in [-0.4, -0.2) is 14.0 Å². The van der Waals surface area contributed by atoms with Crippen molar-refractivity contribution in [2.24, 2.45) is 0 Å². The molecule has 0 aliphatic heterocycles. The molecule has 25 heavy (non-hydrogen) atoms. The van der Waals surface area contributed by atoms with Gasteiger partial charge >= 0.3 is 0 Å². The summed E-state index contributed by atoms with van der Waals surface area (Å²) in [5.41, 5.74) is 1.82. The Morgan fingerprint density at radius 2 is 1.88 bits per heavy atom. The summed E-state index contributed by atoms with van der Waals surface area (Å²) in [5, 5.41) is 18.0. The van der Waals surface area contributed by atoms with Gasteiger partial charge in [0.05, 0.1) is 17.5 Å². The Morgan fingerprint density at radius 1 is 1.12 bits per heavy atom. The van der Waals surface area contributed by atoms with Gasteiger partial charge in [0, 0.05) is 6.20 Å². The molecule has 0 spiro atoms. The molecule has 0 atom stereocenters. The SMILES string of the molecule is N#Cc1cc2c(=O)n3ccccc3nc2n(Cc2ccccc2)c1=N. The van der Waals surface area contributed by atoms with Gasteiger partial charge in [0.2, 0.25) is 0 Å². The Labute approximate surface area is 142 Å². The standard InChI is InChI=1S/C19H13N5O/c20-11-14-10-15-18(22-16-8-4-5-9-23(16)19(15)25)24(17(14)21)12-13-6-2-1-3-7-13/h1-10,21H,12H2. The number of hydrogen-bond acceptors (Lipinski definition) is 4. The number of pyridine rings is 2. The van der Waals surface area contributed by atoms with Crippen molar-refractivity contribution in [2.45, 2.75) is 6.54 Å². The lowest BCUT2D eigenvalue weighted by atomic mass is 10.2. The molecule has 1 N–H and O–H groups in total. The largest absolute Gasteiger partial charge is 0.305 e. The lowest BCUT2D eigenvalue weighted by Gasteiger charge is -2.12. The minimum absolute atomic E-state index is 0.0473. The van der Waals surface area contributed by atoms with Crippen LogP contribution in [-0.2, 0) is 6.54 Å². The zero-order chi connectivity index (χ0) is 17.4. The second-order valence-electron chi connectivity index (χ2n) is 5.67. The van der Waals surface area contributed by atoms with E-state index in [-0.39, 0.29) is 16.6 Å². The fourth-order valence-corrected chi connectivity index (χ4v) is 2.89. The fourth-order valence-electron chi connectivity index (χ4n) is 2.89. The molecule has 0 amide bonds. The molecular weight excluding hydrogens is 314 g/mol. The van der Waals surface area contributed by atoms with Gasteiger partial charge in [-0.05, 0) is 23.8 Å². The monoisotopic (exact) mass is 327 g/mol. The number of nitriles is 1. The highest BCUT2D eigenvalue weighted by molar-refractivity contribution is 5.77. The number of benzene rings is 1. The molecule has 6 nitrogen and oxygen atoms in total. The number of fused-ring (bicyclic) bond motifs is 2. The zero-order valence-corrected chi connectivity index (χ0v) is 13.2. The first-order chi connectivity index (χ1) is 12.2. The first-order valence-electron chi connectivity index (χ1n) is 7.72. The summed E-state index contributed by atoms with van der Waals surface area (Å²) in [6.07, 6.45) is 1.65. The van der Waals surface area contributed by atoms with E-state index in [1.165, 1.54) is 10.5 Å². The third kappa shape index (κ3) is 2.39. The number of aromatic nitrogens is 3. The molecule has 0 aliphatic carbocycles. The van der Waals surface area contributed by atoms with E-state index in [9.17, 15) is 10.1 Å². The molecular formula is C19H13N5O. The van der Waals surface area contributed by atoms with Crippen LogP contribution in [0.15, 0.2) is 65.6 Å². The van der Waals surface area contributed by atoms with Crippen LogP contribution in [0.4, 0.5) is 0 Å². The lowest BCUT2D eigenvalue weighted by Crippen LogP contribution is -2.27. The molecule has 6 heteroatoms. The quantitative estimate of drug-likeness (QED) is 0.572. The predicted molar refractivity (Wildman–Crippen MR) is 93.1 cm³/mol. The van der Waals surface area contributed by atoms with Gasteiger partial charge in [-0.2, -0.15) is 5.26 Å². The normalized spacial score (nSPS) is 10.8. The van der Waals surface area contributed by atoms with Crippen LogP contribution in [0.3, 0.4) is 0 Å². The first-order valence-corrected chi connectivity index (χ1v) is 7.72. The summed E-state index contributed by atoms with van der Waals surface area (Å²) in [7, 11) is 0. The Morgan fingerprint density at radius 3 is 2.64 bits per heavy atom. The van der Waals surface area contributed by atoms with Gasteiger partial charge < -0.3 is 4.57 Å². The maximum atomic E-state index is 12.8. The molecule has 3 heterocycles. The zero-order valence-electron chi connectivity index (χ0n) is 13.2. The van der Waals surface area contributed by atoms with Gasteiger partial charge in [0.15, 0.2) is 0 Å². The average Bonchev–Trinajstić information content (AvgIpc) is 2.65. The highest BCUT2D eigenvalue weighted by Crippen LogP contribution is 2.11. The summed E-state index contributed by atoms with van der Waals surface area (Å²) >= 11 is 0. The van der Waals surface area contributed by atoms with Gasteiger partial charge in [-0.25, -0.2) is 4.98 Å². The van der Waals surface area contributed by atoms with E-state index < -0.39 is 0 Å². The molecule has 0 saturated heterocycles. The topological polar surface area (TPSA) is 86.9 Å². The van der Waals surface area contributed by atoms with Crippen molar-refractivity contribution in [3.05, 3.63) is 87.8 Å². The Hall–Kier alpha value is -3.72. The Bertz CT molecular complexity index is 1260. The Balaban J connectivity index is 2.12. The molecule has 0 bridgehead atoms. The summed E-state index contributed by atoms with van der Waals surface area (Å²) in [6, 6.07) is 18.4. The van der Waals surface area contributed by atoms with Crippen LogP contribution in [0.2, 0.25) is 0 Å². The van der Waals surface area contributed by atoms with E-state index >= 15 is 0 Å². The molecule has 0 unspecified atom stereocenters. The van der Waals surface area contributed by atoms with Crippen LogP contribution in [0.1, 0.15) is 11.1 Å². The van der Waals surface area contributed by atoms with Crippen molar-refractivity contribution in [1.29, 1.82) is 10.7 Å². The molecule has 0 saturated carbocycles. The number of rotatable bonds is 2. The average molecular weight is 327 g/mol. The van der Waals surface area contributed by atoms with Gasteiger partial charge in [0.25, 0.3) is 5.56 Å². The summed E-state index contributed by atoms with van der Waals surface area (Å²) in [5.74, 6) is 0. The fraction of sp³-hybridized carbons (Fsp3) is 0.0526. The van der Waals surface area contributed by atoms with Crippen LogP contribution in [0, 0.1) is 16.7 Å². The summed E-state index contributed by atoms with van der Waals surface area (Å²) < 4.78 is 3.05. The van der Waals surface area contributed by atoms with Gasteiger partial charge in [-0.15, -0.1) is 0 Å². The maximum Gasteiger partial charge on any atom is 0.267 e. The van der Waals surface area contributed by atoms with E-state index in [1.807, 2.05) is 36.4 Å². The van der Waals surface area contributed by atoms with E-state index in [4.69, 9.17) is 5.41 Å². The van der Waals surface area contributed by atoms with Crippen molar-refractivity contribution >= 4 is 16.7 Å². The molecule has 4 aromatic rings. The molecule has 0 fully saturated rings. The van der Waals surface area contributed by atoms with E-state index in [0.717, 1.165) is 5.56 Å². The maximum absolute atomic E-state index is 12.8. The van der Waals surface area contributed by atoms with Crippen LogP contribution in [0.25, 0.3) is 16.7 Å². The van der Waals surface area contributed by atoms with E-state index in [0.29, 0.717) is 23.2 Å². The smallest absolute Gasteiger partial charge is 0.267 e. The van der Waals surface area contributed by atoms with Crippen molar-refractivity contribution in [3.63, 3.8) is 0 Å². The summed E-state index contributed by atoms with van der Waals surface area (Å²) in [4.78, 5) is 17.4. The molecule has 0 aliphatic rings. The second-order valence-corrected chi connectivity index (χ2v) is 5.67. The number of nitrogens with zero attached hydrogens (tertiary/aromatic N) is 4. The lowest BCUT2D eigenvalue weighted by molar-refractivity contribution is 0.749. The van der Waals surface area contributed by atoms with Crippen LogP contribution < -0.4 is 11.0 Å².